The largest absolute Gasteiger partial charge is 0.445 e. The van der Waals surface area contributed by atoms with Crippen LogP contribution in [0.1, 0.15) is 41.6 Å². The first-order valence-corrected chi connectivity index (χ1v) is 16.0. The van der Waals surface area contributed by atoms with Crippen LogP contribution in [0, 0.1) is 5.92 Å². The molecule has 2 aromatic carbocycles. The average Bonchev–Trinajstić information content (AvgIpc) is 3.51. The summed E-state index contributed by atoms with van der Waals surface area (Å²) in [6.07, 6.45) is 3.65. The Morgan fingerprint density at radius 3 is 2.59 bits per heavy atom. The van der Waals surface area contributed by atoms with E-state index in [1.165, 1.54) is 11.3 Å². The van der Waals surface area contributed by atoms with Gasteiger partial charge in [0.25, 0.3) is 5.91 Å². The van der Waals surface area contributed by atoms with E-state index in [9.17, 15) is 14.4 Å². The van der Waals surface area contributed by atoms with Crippen LogP contribution in [0.3, 0.4) is 0 Å². The number of anilines is 1. The van der Waals surface area contributed by atoms with Gasteiger partial charge in [0.1, 0.15) is 12.6 Å². The highest BCUT2D eigenvalue weighted by molar-refractivity contribution is 8.00. The second kappa shape index (κ2) is 12.6. The van der Waals surface area contributed by atoms with Gasteiger partial charge in [0.15, 0.2) is 5.13 Å². The van der Waals surface area contributed by atoms with E-state index in [1.807, 2.05) is 47.8 Å². The van der Waals surface area contributed by atoms with Crippen molar-refractivity contribution in [3.63, 3.8) is 0 Å². The molecule has 3 aliphatic rings. The molecule has 0 radical (unpaired) electrons. The molecule has 6 rings (SSSR count). The molecule has 214 valence electrons. The third kappa shape index (κ3) is 6.74. The molecule has 1 saturated carbocycles. The van der Waals surface area contributed by atoms with Gasteiger partial charge < -0.3 is 20.7 Å². The van der Waals surface area contributed by atoms with Crippen LogP contribution in [0.15, 0.2) is 60.0 Å². The van der Waals surface area contributed by atoms with E-state index in [-0.39, 0.29) is 29.7 Å². The molecule has 3 fully saturated rings. The molecule has 3 atom stereocenters. The van der Waals surface area contributed by atoms with Gasteiger partial charge in [-0.15, -0.1) is 23.1 Å². The molecule has 0 spiro atoms. The maximum Gasteiger partial charge on any atom is 0.411 e. The normalized spacial score (nSPS) is 22.2. The van der Waals surface area contributed by atoms with Crippen LogP contribution in [0.4, 0.5) is 9.93 Å². The van der Waals surface area contributed by atoms with Gasteiger partial charge in [-0.05, 0) is 49.9 Å². The molecular weight excluding hydrogens is 558 g/mol. The number of thiazole rings is 1. The van der Waals surface area contributed by atoms with Crippen LogP contribution >= 0.6 is 23.1 Å². The topological polar surface area (TPSA) is 113 Å². The van der Waals surface area contributed by atoms with Gasteiger partial charge in [0.05, 0.1) is 11.1 Å². The molecule has 3 unspecified atom stereocenters. The molecule has 1 aliphatic carbocycles. The molecule has 0 bridgehead atoms. The van der Waals surface area contributed by atoms with Crippen LogP contribution < -0.4 is 16.0 Å². The van der Waals surface area contributed by atoms with Crippen LogP contribution in [-0.2, 0) is 16.1 Å². The first kappa shape index (κ1) is 27.7. The Bertz CT molecular complexity index is 1370. The number of nitrogens with zero attached hydrogens (tertiary/aromatic N) is 2. The van der Waals surface area contributed by atoms with Gasteiger partial charge in [0, 0.05) is 40.8 Å². The van der Waals surface area contributed by atoms with Gasteiger partial charge in [-0.2, -0.15) is 0 Å². The Kier molecular flexibility index (Phi) is 8.54. The number of carbonyl (C=O) groups is 3. The summed E-state index contributed by atoms with van der Waals surface area (Å²) in [4.78, 5) is 45.5. The van der Waals surface area contributed by atoms with Gasteiger partial charge in [-0.1, -0.05) is 42.5 Å². The lowest BCUT2D eigenvalue weighted by Gasteiger charge is -2.34. The minimum atomic E-state index is -0.660. The number of amides is 3. The number of hydrogen-bond acceptors (Lipinski definition) is 8. The highest BCUT2D eigenvalue weighted by atomic mass is 32.2. The zero-order valence-corrected chi connectivity index (χ0v) is 24.2. The molecule has 2 saturated heterocycles. The number of nitrogens with one attached hydrogen (secondary N) is 3. The third-order valence-electron chi connectivity index (χ3n) is 7.58. The Balaban J connectivity index is 1.12. The fraction of sp³-hybridized carbons (Fsp3) is 0.400. The molecular formula is C30H33N5O4S2. The maximum absolute atomic E-state index is 13.5. The minimum absolute atomic E-state index is 0.0612. The second-order valence-corrected chi connectivity index (χ2v) is 12.7. The van der Waals surface area contributed by atoms with Crippen LogP contribution in [0.5, 0.6) is 0 Å². The SMILES string of the molecule is O=C(NC1CC1)c1ccc(-c2csc(NC(=O)C3CSC(C4CCCNC4)N3C(=O)OCc3ccccc3)n2)cc1. The maximum atomic E-state index is 13.5. The highest BCUT2D eigenvalue weighted by Gasteiger charge is 2.46. The summed E-state index contributed by atoms with van der Waals surface area (Å²) in [5.41, 5.74) is 3.09. The minimum Gasteiger partial charge on any atom is -0.445 e. The van der Waals surface area contributed by atoms with Gasteiger partial charge >= 0.3 is 6.09 Å². The van der Waals surface area contributed by atoms with E-state index < -0.39 is 12.1 Å². The molecule has 1 aromatic heterocycles. The number of rotatable bonds is 8. The Labute approximate surface area is 247 Å². The van der Waals surface area contributed by atoms with Crippen LogP contribution in [0.2, 0.25) is 0 Å². The Morgan fingerprint density at radius 1 is 1.05 bits per heavy atom. The summed E-state index contributed by atoms with van der Waals surface area (Å²) >= 11 is 2.97. The number of piperidine rings is 1. The summed E-state index contributed by atoms with van der Waals surface area (Å²) < 4.78 is 5.71. The van der Waals surface area contributed by atoms with Crippen molar-refractivity contribution < 1.29 is 19.1 Å². The lowest BCUT2D eigenvalue weighted by Crippen LogP contribution is -2.51. The third-order valence-corrected chi connectivity index (χ3v) is 9.80. The van der Waals surface area contributed by atoms with E-state index in [0.29, 0.717) is 28.2 Å². The van der Waals surface area contributed by atoms with Crippen molar-refractivity contribution in [2.24, 2.45) is 5.92 Å². The molecule has 2 aliphatic heterocycles. The standard InChI is InChI=1S/C30H33N5O4S2/c36-26(32-23-12-13-23)21-10-8-20(9-11-21)24-17-41-29(33-24)34-27(37)25-18-40-28(22-7-4-14-31-15-22)35(25)30(38)39-16-19-5-2-1-3-6-19/h1-3,5-6,8-11,17,22-23,25,28,31H,4,7,12-16,18H2,(H,32,36)(H,33,34,37). The van der Waals surface area contributed by atoms with Gasteiger partial charge in [-0.3, -0.25) is 14.5 Å². The monoisotopic (exact) mass is 591 g/mol. The van der Waals surface area contributed by atoms with Gasteiger partial charge in [-0.25, -0.2) is 9.78 Å². The molecule has 9 nitrogen and oxygen atoms in total. The molecule has 3 N–H and O–H groups in total. The summed E-state index contributed by atoms with van der Waals surface area (Å²) in [6, 6.07) is 16.5. The molecule has 3 aromatic rings. The molecule has 3 heterocycles. The highest BCUT2D eigenvalue weighted by Crippen LogP contribution is 2.38. The van der Waals surface area contributed by atoms with Crippen molar-refractivity contribution in [1.29, 1.82) is 0 Å². The van der Waals surface area contributed by atoms with Crippen LogP contribution in [-0.4, -0.2) is 64.1 Å². The van der Waals surface area contributed by atoms with Crippen molar-refractivity contribution in [3.05, 3.63) is 71.1 Å². The quantitative estimate of drug-likeness (QED) is 0.348. The number of hydrogen-bond donors (Lipinski definition) is 3. The fourth-order valence-electron chi connectivity index (χ4n) is 5.18. The van der Waals surface area contributed by atoms with E-state index in [2.05, 4.69) is 20.9 Å². The van der Waals surface area contributed by atoms with E-state index in [1.54, 1.807) is 28.8 Å². The number of thioether (sulfide) groups is 1. The van der Waals surface area contributed by atoms with Crippen molar-refractivity contribution in [3.8, 4) is 11.3 Å². The Hall–Kier alpha value is -3.41. The van der Waals surface area contributed by atoms with Crippen molar-refractivity contribution in [2.75, 3.05) is 24.2 Å². The van der Waals surface area contributed by atoms with Gasteiger partial charge in [0.2, 0.25) is 5.91 Å². The van der Waals surface area contributed by atoms with Crippen molar-refractivity contribution in [2.45, 2.75) is 49.7 Å². The van der Waals surface area contributed by atoms with Crippen molar-refractivity contribution in [1.82, 2.24) is 20.5 Å². The lowest BCUT2D eigenvalue weighted by molar-refractivity contribution is -0.120. The first-order chi connectivity index (χ1) is 20.0. The van der Waals surface area contributed by atoms with Crippen molar-refractivity contribution >= 4 is 46.1 Å². The average molecular weight is 592 g/mol. The zero-order chi connectivity index (χ0) is 28.2. The molecule has 11 heteroatoms. The lowest BCUT2D eigenvalue weighted by atomic mass is 9.98. The van der Waals surface area contributed by atoms with Crippen LogP contribution in [0.25, 0.3) is 11.3 Å². The number of benzene rings is 2. The second-order valence-electron chi connectivity index (χ2n) is 10.6. The summed E-state index contributed by atoms with van der Waals surface area (Å²) in [5, 5.41) is 11.6. The number of aromatic nitrogens is 1. The molecule has 41 heavy (non-hydrogen) atoms. The van der Waals surface area contributed by atoms with E-state index in [4.69, 9.17) is 4.74 Å². The summed E-state index contributed by atoms with van der Waals surface area (Å²) in [6.45, 7) is 1.94. The predicted molar refractivity (Wildman–Crippen MR) is 161 cm³/mol. The molecule has 3 amide bonds. The number of ether oxygens (including phenoxy) is 1. The fourth-order valence-corrected chi connectivity index (χ4v) is 7.49. The zero-order valence-electron chi connectivity index (χ0n) is 22.6. The van der Waals surface area contributed by atoms with E-state index >= 15 is 0 Å². The number of carbonyl (C=O) groups excluding carboxylic acids is 3. The predicted octanol–water partition coefficient (Wildman–Crippen LogP) is 4.72. The smallest absolute Gasteiger partial charge is 0.411 e. The first-order valence-electron chi connectivity index (χ1n) is 14.0. The summed E-state index contributed by atoms with van der Waals surface area (Å²) in [5.74, 6) is 0.412. The Morgan fingerprint density at radius 2 is 1.85 bits per heavy atom. The summed E-state index contributed by atoms with van der Waals surface area (Å²) in [7, 11) is 0. The van der Waals surface area contributed by atoms with E-state index in [0.717, 1.165) is 49.9 Å².